The number of halogens is 2. The molecule has 608 valence electrons. The van der Waals surface area contributed by atoms with Crippen LogP contribution in [0.1, 0.15) is 134 Å². The number of amides is 8. The molecule has 115 heavy (non-hydrogen) atoms. The number of ether oxygens (including phenoxy) is 5. The fraction of sp³-hybridized carbons (Fsp3) is 0.362. The topological polar surface area (TPSA) is 493 Å². The third kappa shape index (κ3) is 18.6. The molecule has 7 aromatic rings. The van der Waals surface area contributed by atoms with Crippen LogP contribution in [0.5, 0.6) is 69.0 Å². The van der Waals surface area contributed by atoms with Crippen LogP contribution in [0.2, 0.25) is 10.0 Å². The number of aliphatic carboxylic acids is 1. The monoisotopic (exact) mass is 1620 g/mol. The molecule has 0 radical (unpaired) electrons. The molecule has 14 rings (SSSR count). The van der Waals surface area contributed by atoms with E-state index in [1.165, 1.54) is 55.6 Å². The number of phenolic OH excluding ortho intramolecular Hbond substituents is 5. The molecular weight excluding hydrogens is 1540 g/mol. The summed E-state index contributed by atoms with van der Waals surface area (Å²) in [5.74, 6) is -16.6. The Morgan fingerprint density at radius 1 is 0.591 bits per heavy atom. The Balaban J connectivity index is 1.10. The molecule has 1 saturated heterocycles. The number of aliphatic hydroxyl groups is 3. The second kappa shape index (κ2) is 35.4. The number of carboxylic acid groups (broad SMARTS) is 1. The van der Waals surface area contributed by atoms with Crippen molar-refractivity contribution in [3.05, 3.63) is 164 Å². The third-order valence-corrected chi connectivity index (χ3v) is 20.9. The van der Waals surface area contributed by atoms with Crippen molar-refractivity contribution in [2.24, 2.45) is 5.92 Å². The predicted molar refractivity (Wildman–Crippen MR) is 410 cm³/mol. The van der Waals surface area contributed by atoms with Gasteiger partial charge in [0.25, 0.3) is 0 Å². The van der Waals surface area contributed by atoms with Gasteiger partial charge in [-0.3, -0.25) is 38.4 Å². The normalized spacial score (nSPS) is 23.4. The van der Waals surface area contributed by atoms with Crippen LogP contribution in [-0.2, 0) is 54.3 Å². The molecule has 0 saturated carbocycles. The fourth-order valence-electron chi connectivity index (χ4n) is 14.2. The lowest BCUT2D eigenvalue weighted by Gasteiger charge is -2.41. The second-order valence-electron chi connectivity index (χ2n) is 29.2. The molecular formula is C80H86Cl2N10O23. The quantitative estimate of drug-likeness (QED) is 0.0471. The summed E-state index contributed by atoms with van der Waals surface area (Å²) in [4.78, 5) is 138. The Morgan fingerprint density at radius 3 is 1.95 bits per heavy atom. The van der Waals surface area contributed by atoms with Crippen LogP contribution in [-0.4, -0.2) is 181 Å². The first kappa shape index (κ1) is 82.8. The van der Waals surface area contributed by atoms with E-state index in [1.807, 2.05) is 4.90 Å². The number of unbranched alkanes of at least 4 members (excludes halogenated alkanes) is 3. The first-order valence-electron chi connectivity index (χ1n) is 37.0. The van der Waals surface area contributed by atoms with Gasteiger partial charge in [0, 0.05) is 48.2 Å². The highest BCUT2D eigenvalue weighted by atomic mass is 35.5. The van der Waals surface area contributed by atoms with E-state index in [-0.39, 0.29) is 70.2 Å². The van der Waals surface area contributed by atoms with Gasteiger partial charge in [0.05, 0.1) is 10.0 Å². The largest absolute Gasteiger partial charge is 0.508 e. The summed E-state index contributed by atoms with van der Waals surface area (Å²) < 4.78 is 32.3. The first-order valence-corrected chi connectivity index (χ1v) is 37.7. The zero-order chi connectivity index (χ0) is 82.5. The summed E-state index contributed by atoms with van der Waals surface area (Å²) in [6, 6.07) is 6.86. The van der Waals surface area contributed by atoms with Crippen LogP contribution >= 0.6 is 23.2 Å². The predicted octanol–water partition coefficient (Wildman–Crippen LogP) is 5.91. The van der Waals surface area contributed by atoms with E-state index in [0.717, 1.165) is 86.0 Å². The average molecular weight is 1630 g/mol. The SMILES string of the molecule is CN[C@@H]1C(=O)N[C@@H]2Cc3ccc(cc3)Oc3cc4cc(c3O[C@@H]3O[C@H](C(=O)O)[C@@H](O)[C@H](O)[C@H]3NC(=O)CCCCCCC(C)C)Oc3ccc(cc3Cl)[C@@H](O)[C@@H]3NC(=O)[C@H](NC(=O)[C@@H]4NC(=O)C(NC2=O)c2cc(cc(O)c2Cl)Oc2cc1ccc2O)c1ccc(O)c(c1)-c1c(O)cc(O)cc1C(C(=O)NCCCN(C)C)NC3=O. The Kier molecular flexibility index (Phi) is 25.5. The van der Waals surface area contributed by atoms with Gasteiger partial charge in [0.1, 0.15) is 107 Å². The van der Waals surface area contributed by atoms with Crippen molar-refractivity contribution in [3.63, 3.8) is 0 Å². The van der Waals surface area contributed by atoms with Crippen molar-refractivity contribution in [1.82, 2.24) is 52.8 Å². The number of phenols is 5. The molecule has 33 nitrogen and oxygen atoms in total. The van der Waals surface area contributed by atoms with Crippen molar-refractivity contribution < 1.29 is 113 Å². The number of carboxylic acids is 1. The van der Waals surface area contributed by atoms with Gasteiger partial charge in [-0.2, -0.15) is 0 Å². The van der Waals surface area contributed by atoms with Crippen molar-refractivity contribution in [1.29, 1.82) is 0 Å². The van der Waals surface area contributed by atoms with Gasteiger partial charge in [-0.05, 0) is 153 Å². The van der Waals surface area contributed by atoms with Gasteiger partial charge in [-0.15, -0.1) is 0 Å². The molecule has 7 aromatic carbocycles. The lowest BCUT2D eigenvalue weighted by Crippen LogP contribution is -2.66. The summed E-state index contributed by atoms with van der Waals surface area (Å²) in [6.07, 6.45) is -7.53. The van der Waals surface area contributed by atoms with E-state index in [9.17, 15) is 65.1 Å². The highest BCUT2D eigenvalue weighted by Crippen LogP contribution is 2.50. The van der Waals surface area contributed by atoms with Crippen LogP contribution < -0.4 is 66.8 Å². The summed E-state index contributed by atoms with van der Waals surface area (Å²) in [7, 11) is 5.03. The Bertz CT molecular complexity index is 4940. The number of aliphatic hydroxyl groups excluding tert-OH is 3. The number of carbonyl (C=O) groups is 9. The summed E-state index contributed by atoms with van der Waals surface area (Å²) in [6.45, 7) is 4.65. The van der Waals surface area contributed by atoms with Crippen molar-refractivity contribution in [2.45, 2.75) is 144 Å². The molecule has 13 atom stereocenters. The Morgan fingerprint density at radius 2 is 1.24 bits per heavy atom. The highest BCUT2D eigenvalue weighted by molar-refractivity contribution is 6.33. The van der Waals surface area contributed by atoms with E-state index in [0.29, 0.717) is 37.3 Å². The highest BCUT2D eigenvalue weighted by Gasteiger charge is 2.51. The number of hydrogen-bond donors (Lipinski definition) is 18. The molecule has 7 heterocycles. The number of carbonyl (C=O) groups excluding carboxylic acids is 8. The second-order valence-corrected chi connectivity index (χ2v) is 30.0. The standard InChI is InChI=1S/C80H86Cl2N10O23/c1-35(2)11-8-6-7-9-12-57(98)86-66-68(100)69(101)71(79(109)110)115-80(66)114-70-55-29-40-30-56(70)113-53-22-17-39(27-47(53)81)67(99)65-78(108)90-63(73(103)84-23-10-24-92(4)5)45-31-41(93)32-51(96)58(45)44-26-37(15-20-49(44)94)61(75(105)91-65)87-76(106)62(40)88-77(107)64-46-33-43(34-52(97)59(46)82)112-54-28-38(16-21-50(54)95)60(83-3)74(104)85-48(72(102)89-64)25-36-13-18-42(111-55)19-14-36/h13-22,26-35,48,60-69,71,80,83,93-97,99-101H,6-12,23-25H2,1-5H3,(H,84,103)(H,85,104)(H,86,98)(H,87,106)(H,88,107)(H,89,102)(H,90,108)(H,91,105)(H,109,110)/t48-,60+,61-,62-,63?,64?,65+,66-,67-,68-,69+,71+,80-/m1/s1. The van der Waals surface area contributed by atoms with Crippen LogP contribution in [0.15, 0.2) is 115 Å². The molecule has 35 heteroatoms. The van der Waals surface area contributed by atoms with E-state index in [2.05, 4.69) is 61.7 Å². The number of likely N-dealkylation sites (N-methyl/N-ethyl adjacent to an activating group) is 1. The zero-order valence-electron chi connectivity index (χ0n) is 62.6. The van der Waals surface area contributed by atoms with Gasteiger partial charge in [-0.1, -0.05) is 93.1 Å². The number of aromatic hydroxyl groups is 5. The van der Waals surface area contributed by atoms with E-state index in [4.69, 9.17) is 46.9 Å². The molecule has 0 spiro atoms. The van der Waals surface area contributed by atoms with Crippen molar-refractivity contribution in [2.75, 3.05) is 34.2 Å². The Hall–Kier alpha value is -11.7. The maximum Gasteiger partial charge on any atom is 0.335 e. The lowest BCUT2D eigenvalue weighted by molar-refractivity contribution is -0.241. The minimum absolute atomic E-state index is 0.000570. The van der Waals surface area contributed by atoms with Gasteiger partial charge in [0.15, 0.2) is 29.1 Å². The van der Waals surface area contributed by atoms with Crippen molar-refractivity contribution >= 4 is 76.4 Å². The number of fused-ring (bicyclic) bond motifs is 14. The number of nitrogens with zero attached hydrogens (tertiary/aromatic N) is 1. The van der Waals surface area contributed by atoms with Crippen molar-refractivity contribution in [3.8, 4) is 80.1 Å². The van der Waals surface area contributed by atoms with Crippen LogP contribution in [0, 0.1) is 5.92 Å². The fourth-order valence-corrected chi connectivity index (χ4v) is 14.6. The molecule has 1 fully saturated rings. The maximum atomic E-state index is 16.5. The molecule has 7 aliphatic rings. The molecule has 2 unspecified atom stereocenters. The molecule has 7 aliphatic heterocycles. The summed E-state index contributed by atoms with van der Waals surface area (Å²) in [5, 5.41) is 128. The minimum Gasteiger partial charge on any atom is -0.508 e. The average Bonchev–Trinajstić information content (AvgIpc) is 0.766. The maximum absolute atomic E-state index is 16.5. The van der Waals surface area contributed by atoms with Gasteiger partial charge >= 0.3 is 5.97 Å². The van der Waals surface area contributed by atoms with Gasteiger partial charge < -0.3 is 122 Å². The zero-order valence-corrected chi connectivity index (χ0v) is 64.1. The summed E-state index contributed by atoms with van der Waals surface area (Å²) >= 11 is 14.2. The summed E-state index contributed by atoms with van der Waals surface area (Å²) in [5.41, 5.74) is -2.07. The van der Waals surface area contributed by atoms with Gasteiger partial charge in [0.2, 0.25) is 59.3 Å². The molecule has 17 bridgehead atoms. The molecule has 8 amide bonds. The van der Waals surface area contributed by atoms with Gasteiger partial charge in [-0.25, -0.2) is 4.79 Å². The molecule has 18 N–H and O–H groups in total. The number of rotatable bonds is 17. The number of nitrogens with one attached hydrogen (secondary N) is 9. The Labute approximate surface area is 667 Å². The van der Waals surface area contributed by atoms with Crippen LogP contribution in [0.25, 0.3) is 11.1 Å². The van der Waals surface area contributed by atoms with E-state index >= 15 is 24.0 Å². The number of hydrogen-bond acceptors (Lipinski definition) is 24. The third-order valence-electron chi connectivity index (χ3n) is 20.2. The van der Waals surface area contributed by atoms with E-state index in [1.54, 1.807) is 14.1 Å². The smallest absolute Gasteiger partial charge is 0.335 e. The number of benzene rings is 7. The van der Waals surface area contributed by atoms with E-state index < -0.39 is 205 Å². The minimum atomic E-state index is -2.37. The molecule has 0 aromatic heterocycles. The van der Waals surface area contributed by atoms with Crippen LogP contribution in [0.3, 0.4) is 0 Å². The first-order chi connectivity index (χ1) is 54.8. The molecule has 0 aliphatic carbocycles. The lowest BCUT2D eigenvalue weighted by atomic mass is 9.89. The van der Waals surface area contributed by atoms with Crippen LogP contribution in [0.4, 0.5) is 0 Å².